The summed E-state index contributed by atoms with van der Waals surface area (Å²) in [5.74, 6) is 0. The van der Waals surface area contributed by atoms with Gasteiger partial charge in [-0.25, -0.2) is 0 Å². The van der Waals surface area contributed by atoms with Crippen LogP contribution in [0.25, 0.3) is 21.5 Å². The maximum Gasteiger partial charge on any atom is 0.0453 e. The van der Waals surface area contributed by atoms with Gasteiger partial charge >= 0.3 is 0 Å². The van der Waals surface area contributed by atoms with E-state index in [1.165, 1.54) is 39.2 Å². The molecule has 4 aromatic rings. The number of anilines is 1. The maximum absolute atomic E-state index is 3.44. The Morgan fingerprint density at radius 3 is 1.78 bits per heavy atom. The standard InChI is InChI=1S/C12H11N.C10H8/c1-2-4-11-9(3-1)5-6-10-7-8-13-12(10)11;1-2-6-10-8-4-3-7-9(10)5-1/h1-6,13H,7-8H2;1-8H. The molecule has 1 aliphatic heterocycles. The van der Waals surface area contributed by atoms with Gasteiger partial charge in [-0.05, 0) is 28.1 Å². The summed E-state index contributed by atoms with van der Waals surface area (Å²) in [7, 11) is 0. The molecule has 5 rings (SSSR count). The van der Waals surface area contributed by atoms with Crippen molar-refractivity contribution >= 4 is 27.2 Å². The minimum atomic E-state index is 1.09. The van der Waals surface area contributed by atoms with Crippen molar-refractivity contribution in [2.45, 2.75) is 6.42 Å². The minimum Gasteiger partial charge on any atom is -0.384 e. The normalized spacial score (nSPS) is 12.3. The lowest BCUT2D eigenvalue weighted by atomic mass is 10.0. The Hall–Kier alpha value is -2.80. The highest BCUT2D eigenvalue weighted by molar-refractivity contribution is 5.96. The topological polar surface area (TPSA) is 12.0 Å². The first-order valence-corrected chi connectivity index (χ1v) is 8.10. The van der Waals surface area contributed by atoms with E-state index in [1.807, 2.05) is 0 Å². The molecule has 0 radical (unpaired) electrons. The van der Waals surface area contributed by atoms with Crippen molar-refractivity contribution in [3.8, 4) is 0 Å². The molecule has 1 heterocycles. The molecule has 0 fully saturated rings. The third kappa shape index (κ3) is 2.78. The van der Waals surface area contributed by atoms with E-state index in [9.17, 15) is 0 Å². The van der Waals surface area contributed by atoms with E-state index >= 15 is 0 Å². The van der Waals surface area contributed by atoms with E-state index in [0.717, 1.165) is 6.54 Å². The summed E-state index contributed by atoms with van der Waals surface area (Å²) in [5, 5.41) is 8.75. The van der Waals surface area contributed by atoms with E-state index in [4.69, 9.17) is 0 Å². The Morgan fingerprint density at radius 2 is 1.13 bits per heavy atom. The van der Waals surface area contributed by atoms with E-state index in [1.54, 1.807) is 0 Å². The highest BCUT2D eigenvalue weighted by Crippen LogP contribution is 2.30. The van der Waals surface area contributed by atoms with Gasteiger partial charge < -0.3 is 5.32 Å². The summed E-state index contributed by atoms with van der Waals surface area (Å²) in [6.07, 6.45) is 1.17. The Morgan fingerprint density at radius 1 is 0.565 bits per heavy atom. The molecule has 0 saturated heterocycles. The molecule has 23 heavy (non-hydrogen) atoms. The quantitative estimate of drug-likeness (QED) is 0.442. The van der Waals surface area contributed by atoms with Gasteiger partial charge in [-0.3, -0.25) is 0 Å². The van der Waals surface area contributed by atoms with Gasteiger partial charge in [-0.2, -0.15) is 0 Å². The molecule has 0 bridgehead atoms. The van der Waals surface area contributed by atoms with Crippen LogP contribution >= 0.6 is 0 Å². The van der Waals surface area contributed by atoms with Crippen molar-refractivity contribution in [3.63, 3.8) is 0 Å². The van der Waals surface area contributed by atoms with Crippen LogP contribution < -0.4 is 5.32 Å². The molecule has 0 aliphatic carbocycles. The van der Waals surface area contributed by atoms with Crippen LogP contribution in [0.15, 0.2) is 84.9 Å². The maximum atomic E-state index is 3.44. The SMILES string of the molecule is c1ccc2c3c(ccc2c1)CCN3.c1ccc2ccccc2c1. The van der Waals surface area contributed by atoms with Crippen LogP contribution in [-0.2, 0) is 6.42 Å². The summed E-state index contributed by atoms with van der Waals surface area (Å²) < 4.78 is 0. The number of hydrogen-bond donors (Lipinski definition) is 1. The number of benzene rings is 4. The number of rotatable bonds is 0. The van der Waals surface area contributed by atoms with Gasteiger partial charge in [-0.15, -0.1) is 0 Å². The molecule has 0 amide bonds. The van der Waals surface area contributed by atoms with Gasteiger partial charge in [0.2, 0.25) is 0 Å². The molecular weight excluding hydrogens is 278 g/mol. The fourth-order valence-electron chi connectivity index (χ4n) is 3.19. The third-order valence-electron chi connectivity index (χ3n) is 4.37. The van der Waals surface area contributed by atoms with E-state index in [-0.39, 0.29) is 0 Å². The van der Waals surface area contributed by atoms with Gasteiger partial charge in [0, 0.05) is 17.6 Å². The second-order valence-corrected chi connectivity index (χ2v) is 5.84. The third-order valence-corrected chi connectivity index (χ3v) is 4.37. The average molecular weight is 297 g/mol. The highest BCUT2D eigenvalue weighted by Gasteiger charge is 2.11. The summed E-state index contributed by atoms with van der Waals surface area (Å²) in [5.41, 5.74) is 2.80. The summed E-state index contributed by atoms with van der Waals surface area (Å²) in [6, 6.07) is 29.7. The predicted molar refractivity (Wildman–Crippen MR) is 100 cm³/mol. The molecule has 0 aromatic heterocycles. The zero-order valence-electron chi connectivity index (χ0n) is 13.0. The molecule has 0 atom stereocenters. The van der Waals surface area contributed by atoms with Crippen LogP contribution in [0.5, 0.6) is 0 Å². The van der Waals surface area contributed by atoms with Crippen LogP contribution in [0.1, 0.15) is 5.56 Å². The van der Waals surface area contributed by atoms with Crippen molar-refractivity contribution in [2.24, 2.45) is 0 Å². The Kier molecular flexibility index (Phi) is 3.69. The largest absolute Gasteiger partial charge is 0.384 e. The number of nitrogens with one attached hydrogen (secondary N) is 1. The van der Waals surface area contributed by atoms with E-state index in [2.05, 4.69) is 90.2 Å². The van der Waals surface area contributed by atoms with Crippen LogP contribution in [0.3, 0.4) is 0 Å². The molecule has 0 unspecified atom stereocenters. The van der Waals surface area contributed by atoms with Crippen molar-refractivity contribution in [3.05, 3.63) is 90.5 Å². The fraction of sp³-hybridized carbons (Fsp3) is 0.0909. The molecule has 4 aromatic carbocycles. The molecule has 1 aliphatic rings. The highest BCUT2D eigenvalue weighted by atomic mass is 14.9. The van der Waals surface area contributed by atoms with Gasteiger partial charge in [0.05, 0.1) is 0 Å². The first kappa shape index (κ1) is 13.8. The van der Waals surface area contributed by atoms with Crippen molar-refractivity contribution in [2.75, 3.05) is 11.9 Å². The van der Waals surface area contributed by atoms with Crippen molar-refractivity contribution in [1.29, 1.82) is 0 Å². The van der Waals surface area contributed by atoms with Crippen LogP contribution in [-0.4, -0.2) is 6.54 Å². The second-order valence-electron chi connectivity index (χ2n) is 5.84. The summed E-state index contributed by atoms with van der Waals surface area (Å²) in [6.45, 7) is 1.09. The molecule has 112 valence electrons. The zero-order chi connectivity index (χ0) is 15.5. The lowest BCUT2D eigenvalue weighted by Crippen LogP contribution is -1.91. The Labute approximate surface area is 136 Å². The molecular formula is C22H19N. The van der Waals surface area contributed by atoms with E-state index in [0.29, 0.717) is 0 Å². The van der Waals surface area contributed by atoms with Gasteiger partial charge in [0.1, 0.15) is 0 Å². The molecule has 1 heteroatoms. The van der Waals surface area contributed by atoms with Crippen molar-refractivity contribution < 1.29 is 0 Å². The van der Waals surface area contributed by atoms with Gasteiger partial charge in [-0.1, -0.05) is 84.9 Å². The predicted octanol–water partition coefficient (Wildman–Crippen LogP) is 5.65. The van der Waals surface area contributed by atoms with Gasteiger partial charge in [0.15, 0.2) is 0 Å². The minimum absolute atomic E-state index is 1.09. The fourth-order valence-corrected chi connectivity index (χ4v) is 3.19. The number of hydrogen-bond acceptors (Lipinski definition) is 1. The van der Waals surface area contributed by atoms with Crippen LogP contribution in [0.4, 0.5) is 5.69 Å². The average Bonchev–Trinajstić information content (AvgIpc) is 3.12. The molecule has 0 spiro atoms. The number of fused-ring (bicyclic) bond motifs is 4. The van der Waals surface area contributed by atoms with Crippen LogP contribution in [0.2, 0.25) is 0 Å². The Balaban J connectivity index is 0.000000122. The van der Waals surface area contributed by atoms with Crippen LogP contribution in [0, 0.1) is 0 Å². The lowest BCUT2D eigenvalue weighted by Gasteiger charge is -2.04. The smallest absolute Gasteiger partial charge is 0.0453 e. The van der Waals surface area contributed by atoms with Crippen molar-refractivity contribution in [1.82, 2.24) is 0 Å². The molecule has 1 nitrogen and oxygen atoms in total. The van der Waals surface area contributed by atoms with Gasteiger partial charge in [0.25, 0.3) is 0 Å². The molecule has 1 N–H and O–H groups in total. The monoisotopic (exact) mass is 297 g/mol. The summed E-state index contributed by atoms with van der Waals surface area (Å²) in [4.78, 5) is 0. The summed E-state index contributed by atoms with van der Waals surface area (Å²) >= 11 is 0. The second kappa shape index (κ2) is 6.13. The van der Waals surface area contributed by atoms with E-state index < -0.39 is 0 Å². The lowest BCUT2D eigenvalue weighted by molar-refractivity contribution is 1.11. The zero-order valence-corrected chi connectivity index (χ0v) is 13.0. The molecule has 0 saturated carbocycles. The Bertz CT molecular complexity index is 891. The first-order valence-electron chi connectivity index (χ1n) is 8.10. The first-order chi connectivity index (χ1) is 11.4.